The quantitative estimate of drug-likeness (QED) is 0.409. The number of hydrogen-bond donors (Lipinski definition) is 1. The first kappa shape index (κ1) is 22.5. The van der Waals surface area contributed by atoms with Crippen molar-refractivity contribution in [3.05, 3.63) is 78.4 Å². The molecule has 0 unspecified atom stereocenters. The van der Waals surface area contributed by atoms with Crippen molar-refractivity contribution in [1.29, 1.82) is 0 Å². The van der Waals surface area contributed by atoms with E-state index in [1.54, 1.807) is 0 Å². The summed E-state index contributed by atoms with van der Waals surface area (Å²) in [6.07, 6.45) is 2.08. The summed E-state index contributed by atoms with van der Waals surface area (Å²) in [5.74, 6) is -0.0281. The van der Waals surface area contributed by atoms with Gasteiger partial charge in [0, 0.05) is 43.7 Å². The monoisotopic (exact) mass is 452 g/mol. The first-order chi connectivity index (χ1) is 16.7. The molecule has 0 radical (unpaired) electrons. The zero-order valence-corrected chi connectivity index (χ0v) is 19.8. The molecule has 1 aliphatic heterocycles. The predicted molar refractivity (Wildman–Crippen MR) is 140 cm³/mol. The number of rotatable bonds is 7. The normalized spacial score (nSPS) is 15.1. The summed E-state index contributed by atoms with van der Waals surface area (Å²) >= 11 is 0. The van der Waals surface area contributed by atoms with Crippen LogP contribution in [0.4, 0.5) is 0 Å². The third-order valence-corrected chi connectivity index (χ3v) is 6.81. The summed E-state index contributed by atoms with van der Waals surface area (Å²) in [5, 5.41) is 6.36. The number of para-hydroxylation sites is 1. The van der Waals surface area contributed by atoms with E-state index in [1.807, 2.05) is 42.5 Å². The minimum Gasteiger partial charge on any atom is -0.352 e. The van der Waals surface area contributed by atoms with E-state index in [2.05, 4.69) is 52.5 Å². The van der Waals surface area contributed by atoms with E-state index in [1.165, 1.54) is 5.39 Å². The molecule has 1 aromatic heterocycles. The second-order valence-corrected chi connectivity index (χ2v) is 9.21. The molecule has 1 aliphatic rings. The van der Waals surface area contributed by atoms with Gasteiger partial charge in [-0.05, 0) is 49.3 Å². The van der Waals surface area contributed by atoms with Gasteiger partial charge >= 0.3 is 0 Å². The van der Waals surface area contributed by atoms with Crippen molar-refractivity contribution >= 4 is 27.6 Å². The van der Waals surface area contributed by atoms with E-state index in [0.29, 0.717) is 12.1 Å². The Labute approximate surface area is 201 Å². The molecule has 0 bridgehead atoms. The molecule has 2 heterocycles. The molecular weight excluding hydrogens is 420 g/mol. The highest BCUT2D eigenvalue weighted by atomic mass is 16.1. The number of benzene rings is 3. The molecule has 1 N–H and O–H groups in total. The Morgan fingerprint density at radius 2 is 1.62 bits per heavy atom. The molecule has 0 aliphatic carbocycles. The third kappa shape index (κ3) is 4.96. The minimum absolute atomic E-state index is 0.0281. The van der Waals surface area contributed by atoms with Crippen molar-refractivity contribution in [2.24, 2.45) is 0 Å². The number of pyridine rings is 1. The van der Waals surface area contributed by atoms with Crippen LogP contribution in [0.1, 0.15) is 23.2 Å². The minimum atomic E-state index is -0.0281. The molecule has 1 saturated heterocycles. The average Bonchev–Trinajstić information content (AvgIpc) is 2.88. The Kier molecular flexibility index (Phi) is 6.84. The second-order valence-electron chi connectivity index (χ2n) is 9.21. The van der Waals surface area contributed by atoms with Crippen LogP contribution in [-0.4, -0.2) is 67.0 Å². The van der Waals surface area contributed by atoms with Crippen LogP contribution < -0.4 is 5.32 Å². The number of unbranched alkanes of at least 4 members (excludes halogenated alkanes) is 1. The lowest BCUT2D eigenvalue weighted by Gasteiger charge is -2.32. The summed E-state index contributed by atoms with van der Waals surface area (Å²) in [4.78, 5) is 23.1. The summed E-state index contributed by atoms with van der Waals surface area (Å²) in [6.45, 7) is 6.36. The predicted octanol–water partition coefficient (Wildman–Crippen LogP) is 4.81. The van der Waals surface area contributed by atoms with E-state index >= 15 is 0 Å². The van der Waals surface area contributed by atoms with Crippen LogP contribution in [0.2, 0.25) is 0 Å². The summed E-state index contributed by atoms with van der Waals surface area (Å²) in [6, 6.07) is 24.4. The fourth-order valence-corrected chi connectivity index (χ4v) is 4.78. The van der Waals surface area contributed by atoms with E-state index in [-0.39, 0.29) is 5.91 Å². The number of nitrogens with zero attached hydrogens (tertiary/aromatic N) is 3. The molecule has 34 heavy (non-hydrogen) atoms. The fourth-order valence-electron chi connectivity index (χ4n) is 4.78. The summed E-state index contributed by atoms with van der Waals surface area (Å²) in [7, 11) is 2.18. The lowest BCUT2D eigenvalue weighted by atomic mass is 9.99. The van der Waals surface area contributed by atoms with Crippen LogP contribution in [0.3, 0.4) is 0 Å². The molecule has 0 saturated carbocycles. The van der Waals surface area contributed by atoms with Crippen molar-refractivity contribution in [3.8, 4) is 11.3 Å². The smallest absolute Gasteiger partial charge is 0.252 e. The highest BCUT2D eigenvalue weighted by molar-refractivity contribution is 6.08. The van der Waals surface area contributed by atoms with Crippen molar-refractivity contribution in [3.63, 3.8) is 0 Å². The van der Waals surface area contributed by atoms with Gasteiger partial charge in [0.2, 0.25) is 0 Å². The number of carbonyl (C=O) groups excluding carboxylic acids is 1. The Morgan fingerprint density at radius 1 is 0.882 bits per heavy atom. The summed E-state index contributed by atoms with van der Waals surface area (Å²) < 4.78 is 0. The lowest BCUT2D eigenvalue weighted by molar-refractivity contribution is 0.0953. The molecule has 5 heteroatoms. The first-order valence-electron chi connectivity index (χ1n) is 12.3. The number of carbonyl (C=O) groups is 1. The third-order valence-electron chi connectivity index (χ3n) is 6.81. The largest absolute Gasteiger partial charge is 0.352 e. The zero-order valence-electron chi connectivity index (χ0n) is 19.8. The molecule has 4 aromatic rings. The van der Waals surface area contributed by atoms with Crippen LogP contribution in [0, 0.1) is 0 Å². The van der Waals surface area contributed by atoms with E-state index in [4.69, 9.17) is 4.98 Å². The molecule has 0 atom stereocenters. The van der Waals surface area contributed by atoms with Gasteiger partial charge in [0.05, 0.1) is 16.8 Å². The number of fused-ring (bicyclic) bond motifs is 2. The molecule has 3 aromatic carbocycles. The Bertz CT molecular complexity index is 1290. The molecular formula is C29H32N4O. The van der Waals surface area contributed by atoms with Crippen molar-refractivity contribution < 1.29 is 4.79 Å². The first-order valence-corrected chi connectivity index (χ1v) is 12.3. The van der Waals surface area contributed by atoms with E-state index < -0.39 is 0 Å². The number of aromatic nitrogens is 1. The Hall–Kier alpha value is -3.28. The van der Waals surface area contributed by atoms with Crippen molar-refractivity contribution in [2.45, 2.75) is 12.8 Å². The van der Waals surface area contributed by atoms with Crippen LogP contribution in [-0.2, 0) is 0 Å². The van der Waals surface area contributed by atoms with Crippen LogP contribution >= 0.6 is 0 Å². The maximum atomic E-state index is 13.3. The van der Waals surface area contributed by atoms with E-state index in [0.717, 1.165) is 73.1 Å². The van der Waals surface area contributed by atoms with Gasteiger partial charge in [0.15, 0.2) is 0 Å². The zero-order chi connectivity index (χ0) is 23.3. The number of nitrogens with one attached hydrogen (secondary N) is 1. The second kappa shape index (κ2) is 10.3. The fraction of sp³-hybridized carbons (Fsp3) is 0.310. The van der Waals surface area contributed by atoms with Gasteiger partial charge < -0.3 is 15.1 Å². The molecule has 5 nitrogen and oxygen atoms in total. The topological polar surface area (TPSA) is 48.5 Å². The summed E-state index contributed by atoms with van der Waals surface area (Å²) in [5.41, 5.74) is 3.40. The number of amides is 1. The van der Waals surface area contributed by atoms with Gasteiger partial charge in [-0.3, -0.25) is 4.79 Å². The highest BCUT2D eigenvalue weighted by Crippen LogP contribution is 2.30. The molecule has 1 amide bonds. The maximum absolute atomic E-state index is 13.3. The standard InChI is InChI=1S/C29H32N4O/c1-32-17-19-33(20-18-32)16-7-6-15-30-29(34)26-21-28(31-27-14-5-4-12-25(26)27)24-13-8-10-22-9-2-3-11-23(22)24/h2-5,8-14,21H,6-7,15-20H2,1H3,(H,30,34). The van der Waals surface area contributed by atoms with Crippen LogP contribution in [0.25, 0.3) is 32.9 Å². The number of likely N-dealkylation sites (N-methyl/N-ethyl adjacent to an activating group) is 1. The van der Waals surface area contributed by atoms with Crippen LogP contribution in [0.5, 0.6) is 0 Å². The van der Waals surface area contributed by atoms with Crippen molar-refractivity contribution in [1.82, 2.24) is 20.1 Å². The molecule has 1 fully saturated rings. The Morgan fingerprint density at radius 3 is 2.47 bits per heavy atom. The van der Waals surface area contributed by atoms with E-state index in [9.17, 15) is 4.79 Å². The molecule has 174 valence electrons. The Balaban J connectivity index is 1.32. The highest BCUT2D eigenvalue weighted by Gasteiger charge is 2.16. The van der Waals surface area contributed by atoms with Crippen molar-refractivity contribution in [2.75, 3.05) is 46.3 Å². The average molecular weight is 453 g/mol. The van der Waals surface area contributed by atoms with Gasteiger partial charge in [-0.2, -0.15) is 0 Å². The maximum Gasteiger partial charge on any atom is 0.252 e. The molecule has 0 spiro atoms. The van der Waals surface area contributed by atoms with Gasteiger partial charge in [-0.25, -0.2) is 4.98 Å². The SMILES string of the molecule is CN1CCN(CCCCNC(=O)c2cc(-c3cccc4ccccc34)nc3ccccc23)CC1. The lowest BCUT2D eigenvalue weighted by Crippen LogP contribution is -2.44. The van der Waals surface area contributed by atoms with Crippen LogP contribution in [0.15, 0.2) is 72.8 Å². The number of piperazine rings is 1. The number of hydrogen-bond acceptors (Lipinski definition) is 4. The molecule has 5 rings (SSSR count). The van der Waals surface area contributed by atoms with Gasteiger partial charge in [0.25, 0.3) is 5.91 Å². The van der Waals surface area contributed by atoms with Gasteiger partial charge in [0.1, 0.15) is 0 Å². The van der Waals surface area contributed by atoms with Gasteiger partial charge in [-0.15, -0.1) is 0 Å². The van der Waals surface area contributed by atoms with Gasteiger partial charge in [-0.1, -0.05) is 60.7 Å².